The van der Waals surface area contributed by atoms with Gasteiger partial charge in [-0.05, 0) is 35.4 Å². The van der Waals surface area contributed by atoms with E-state index in [1.165, 1.54) is 33.2 Å². The highest BCUT2D eigenvalue weighted by Gasteiger charge is 2.33. The van der Waals surface area contributed by atoms with Crippen LogP contribution in [0.3, 0.4) is 0 Å². The summed E-state index contributed by atoms with van der Waals surface area (Å²) in [7, 11) is -0.607. The molecule has 1 aliphatic rings. The van der Waals surface area contributed by atoms with Gasteiger partial charge in [-0.3, -0.25) is 9.59 Å². The van der Waals surface area contributed by atoms with Gasteiger partial charge in [0.15, 0.2) is 0 Å². The fourth-order valence-electron chi connectivity index (χ4n) is 3.23. The molecule has 0 spiro atoms. The van der Waals surface area contributed by atoms with E-state index < -0.39 is 16.1 Å². The fraction of sp³-hybridized carbons (Fsp3) is 0.300. The molecule has 1 aliphatic heterocycles. The highest BCUT2D eigenvalue weighted by atomic mass is 32.2. The molecule has 8 heteroatoms. The third-order valence-electron chi connectivity index (χ3n) is 4.86. The molecule has 1 N–H and O–H groups in total. The van der Waals surface area contributed by atoms with Gasteiger partial charge in [0.25, 0.3) is 0 Å². The van der Waals surface area contributed by atoms with Crippen LogP contribution in [-0.4, -0.2) is 49.6 Å². The molecule has 0 saturated heterocycles. The molecule has 0 unspecified atom stereocenters. The van der Waals surface area contributed by atoms with Crippen molar-refractivity contribution in [2.75, 3.05) is 19.4 Å². The van der Waals surface area contributed by atoms with Gasteiger partial charge < -0.3 is 10.2 Å². The molecule has 0 saturated carbocycles. The molecule has 0 aliphatic carbocycles. The molecule has 3 rings (SSSR count). The Balaban J connectivity index is 1.79. The van der Waals surface area contributed by atoms with Crippen LogP contribution in [0, 0.1) is 0 Å². The van der Waals surface area contributed by atoms with Gasteiger partial charge in [-0.15, -0.1) is 0 Å². The predicted molar refractivity (Wildman–Crippen MR) is 106 cm³/mol. The van der Waals surface area contributed by atoms with E-state index in [9.17, 15) is 18.0 Å². The molecule has 2 amide bonds. The second-order valence-electron chi connectivity index (χ2n) is 6.94. The van der Waals surface area contributed by atoms with Crippen LogP contribution in [0.15, 0.2) is 53.4 Å². The van der Waals surface area contributed by atoms with Crippen molar-refractivity contribution >= 4 is 27.5 Å². The third-order valence-corrected chi connectivity index (χ3v) is 6.69. The highest BCUT2D eigenvalue weighted by Crippen LogP contribution is 2.25. The maximum absolute atomic E-state index is 12.9. The summed E-state index contributed by atoms with van der Waals surface area (Å²) in [5.74, 6) is -0.463. The number of hydrogen-bond donors (Lipinski definition) is 1. The smallest absolute Gasteiger partial charge is 0.247 e. The molecule has 0 fully saturated rings. The van der Waals surface area contributed by atoms with Gasteiger partial charge in [-0.2, -0.15) is 0 Å². The summed E-state index contributed by atoms with van der Waals surface area (Å²) < 4.78 is 25.4. The minimum Gasteiger partial charge on any atom is -0.326 e. The van der Waals surface area contributed by atoms with Crippen LogP contribution in [0.25, 0.3) is 0 Å². The molecule has 7 nitrogen and oxygen atoms in total. The van der Waals surface area contributed by atoms with Crippen molar-refractivity contribution in [2.24, 2.45) is 0 Å². The second-order valence-corrected chi connectivity index (χ2v) is 9.09. The van der Waals surface area contributed by atoms with Crippen LogP contribution >= 0.6 is 0 Å². The first-order valence-electron chi connectivity index (χ1n) is 8.87. The largest absolute Gasteiger partial charge is 0.326 e. The molecule has 28 heavy (non-hydrogen) atoms. The SMILES string of the molecule is CC(=O)N1Cc2ccccc2C[C@H]1C(=O)Nc1ccc(S(=O)(=O)N(C)C)cc1. The van der Waals surface area contributed by atoms with Gasteiger partial charge in [-0.25, -0.2) is 12.7 Å². The van der Waals surface area contributed by atoms with E-state index in [0.29, 0.717) is 18.7 Å². The van der Waals surface area contributed by atoms with Crippen molar-refractivity contribution in [1.82, 2.24) is 9.21 Å². The Labute approximate surface area is 165 Å². The van der Waals surface area contributed by atoms with Crippen molar-refractivity contribution in [3.63, 3.8) is 0 Å². The summed E-state index contributed by atoms with van der Waals surface area (Å²) in [6.45, 7) is 1.85. The van der Waals surface area contributed by atoms with E-state index in [0.717, 1.165) is 15.4 Å². The number of sulfonamides is 1. The Kier molecular flexibility index (Phi) is 5.53. The van der Waals surface area contributed by atoms with Gasteiger partial charge in [0.05, 0.1) is 4.90 Å². The van der Waals surface area contributed by atoms with Gasteiger partial charge in [0.2, 0.25) is 21.8 Å². The molecular weight excluding hydrogens is 378 g/mol. The molecule has 0 bridgehead atoms. The molecule has 0 radical (unpaired) electrons. The minimum absolute atomic E-state index is 0.146. The van der Waals surface area contributed by atoms with Crippen molar-refractivity contribution in [3.05, 3.63) is 59.7 Å². The topological polar surface area (TPSA) is 86.8 Å². The van der Waals surface area contributed by atoms with Crippen molar-refractivity contribution in [2.45, 2.75) is 30.8 Å². The van der Waals surface area contributed by atoms with Crippen LogP contribution in [-0.2, 0) is 32.6 Å². The minimum atomic E-state index is -3.53. The first-order chi connectivity index (χ1) is 13.2. The van der Waals surface area contributed by atoms with Crippen LogP contribution in [0.2, 0.25) is 0 Å². The van der Waals surface area contributed by atoms with Crippen LogP contribution in [0.4, 0.5) is 5.69 Å². The number of fused-ring (bicyclic) bond motifs is 1. The maximum Gasteiger partial charge on any atom is 0.247 e. The van der Waals surface area contributed by atoms with Crippen molar-refractivity contribution in [3.8, 4) is 0 Å². The summed E-state index contributed by atoms with van der Waals surface area (Å²) in [6, 6.07) is 13.1. The molecule has 0 aromatic heterocycles. The molecule has 1 heterocycles. The Hall–Kier alpha value is -2.71. The summed E-state index contributed by atoms with van der Waals surface area (Å²) in [4.78, 5) is 26.6. The maximum atomic E-state index is 12.9. The number of nitrogens with one attached hydrogen (secondary N) is 1. The quantitative estimate of drug-likeness (QED) is 0.847. The normalized spacial score (nSPS) is 16.6. The van der Waals surface area contributed by atoms with Gasteiger partial charge >= 0.3 is 0 Å². The number of rotatable bonds is 4. The lowest BCUT2D eigenvalue weighted by molar-refractivity contribution is -0.138. The van der Waals surface area contributed by atoms with Gasteiger partial charge in [0, 0.05) is 39.7 Å². The number of anilines is 1. The summed E-state index contributed by atoms with van der Waals surface area (Å²) in [6.07, 6.45) is 0.439. The molecular formula is C20H23N3O4S. The predicted octanol–water partition coefficient (Wildman–Crippen LogP) is 1.85. The number of hydrogen-bond acceptors (Lipinski definition) is 4. The van der Waals surface area contributed by atoms with E-state index in [4.69, 9.17) is 0 Å². The number of carbonyl (C=O) groups excluding carboxylic acids is 2. The average molecular weight is 401 g/mol. The number of amides is 2. The van der Waals surface area contributed by atoms with Gasteiger partial charge in [0.1, 0.15) is 6.04 Å². The zero-order valence-electron chi connectivity index (χ0n) is 16.0. The zero-order valence-corrected chi connectivity index (χ0v) is 16.9. The summed E-state index contributed by atoms with van der Waals surface area (Å²) >= 11 is 0. The average Bonchev–Trinajstić information content (AvgIpc) is 2.67. The summed E-state index contributed by atoms with van der Waals surface area (Å²) in [5, 5.41) is 2.79. The Morgan fingerprint density at radius 2 is 1.64 bits per heavy atom. The fourth-order valence-corrected chi connectivity index (χ4v) is 4.14. The number of benzene rings is 2. The number of carbonyl (C=O) groups is 2. The lowest BCUT2D eigenvalue weighted by Gasteiger charge is -2.35. The van der Waals surface area contributed by atoms with E-state index in [2.05, 4.69) is 5.32 Å². The Morgan fingerprint density at radius 3 is 2.21 bits per heavy atom. The van der Waals surface area contributed by atoms with E-state index in [1.807, 2.05) is 24.3 Å². The first kappa shape index (κ1) is 20.0. The lowest BCUT2D eigenvalue weighted by Crippen LogP contribution is -2.49. The second kappa shape index (κ2) is 7.73. The third kappa shape index (κ3) is 3.93. The first-order valence-corrected chi connectivity index (χ1v) is 10.3. The van der Waals surface area contributed by atoms with Crippen molar-refractivity contribution in [1.29, 1.82) is 0 Å². The lowest BCUT2D eigenvalue weighted by atomic mass is 9.93. The molecule has 2 aromatic carbocycles. The summed E-state index contributed by atoms with van der Waals surface area (Å²) in [5.41, 5.74) is 2.57. The number of nitrogens with zero attached hydrogens (tertiary/aromatic N) is 2. The standard InChI is InChI=1S/C20H23N3O4S/c1-14(24)23-13-16-7-5-4-6-15(16)12-19(23)20(25)21-17-8-10-18(11-9-17)28(26,27)22(2)3/h4-11,19H,12-13H2,1-3H3,(H,21,25)/t19-/m0/s1. The zero-order chi connectivity index (χ0) is 20.5. The van der Waals surface area contributed by atoms with Crippen LogP contribution in [0.1, 0.15) is 18.1 Å². The van der Waals surface area contributed by atoms with E-state index in [-0.39, 0.29) is 16.7 Å². The van der Waals surface area contributed by atoms with Crippen molar-refractivity contribution < 1.29 is 18.0 Å². The van der Waals surface area contributed by atoms with Gasteiger partial charge in [-0.1, -0.05) is 24.3 Å². The molecule has 148 valence electrons. The molecule has 2 aromatic rings. The van der Waals surface area contributed by atoms with E-state index in [1.54, 1.807) is 17.0 Å². The monoisotopic (exact) mass is 401 g/mol. The Bertz CT molecular complexity index is 1000. The highest BCUT2D eigenvalue weighted by molar-refractivity contribution is 7.89. The van der Waals surface area contributed by atoms with E-state index >= 15 is 0 Å². The van der Waals surface area contributed by atoms with Crippen LogP contribution < -0.4 is 5.32 Å². The van der Waals surface area contributed by atoms with Crippen LogP contribution in [0.5, 0.6) is 0 Å². The Morgan fingerprint density at radius 1 is 1.04 bits per heavy atom. The molecule has 1 atom stereocenters.